The van der Waals surface area contributed by atoms with Crippen LogP contribution in [0.1, 0.15) is 64.7 Å². The molecule has 0 radical (unpaired) electrons. The highest BCUT2D eigenvalue weighted by molar-refractivity contribution is 7.89. The molecule has 0 aromatic carbocycles. The summed E-state index contributed by atoms with van der Waals surface area (Å²) in [5.74, 6) is -0.855. The summed E-state index contributed by atoms with van der Waals surface area (Å²) in [6.45, 7) is 2.08. The average molecular weight is 317 g/mol. The average Bonchev–Trinajstić information content (AvgIpc) is 2.38. The minimum atomic E-state index is -3.27. The van der Waals surface area contributed by atoms with Gasteiger partial charge in [-0.05, 0) is 43.9 Å². The summed E-state index contributed by atoms with van der Waals surface area (Å²) in [5, 5.41) is 8.97. The van der Waals surface area contributed by atoms with Crippen molar-refractivity contribution in [2.45, 2.75) is 70.8 Å². The van der Waals surface area contributed by atoms with Gasteiger partial charge < -0.3 is 5.11 Å². The molecule has 21 heavy (non-hydrogen) atoms. The molecule has 0 bridgehead atoms. The standard InChI is InChI=1S/C15H27NO4S/c1-15(9-3-2-4-10-15)11-21(19,20)16-13-7-5-12(6-8-13)14(17)18/h12-13,16H,2-11H2,1H3,(H,17,18). The van der Waals surface area contributed by atoms with E-state index in [-0.39, 0.29) is 23.1 Å². The first-order valence-corrected chi connectivity index (χ1v) is 9.68. The van der Waals surface area contributed by atoms with E-state index in [1.807, 2.05) is 0 Å². The predicted molar refractivity (Wildman–Crippen MR) is 81.5 cm³/mol. The fourth-order valence-corrected chi connectivity index (χ4v) is 5.80. The van der Waals surface area contributed by atoms with Crippen LogP contribution < -0.4 is 4.72 Å². The van der Waals surface area contributed by atoms with Gasteiger partial charge in [0.1, 0.15) is 0 Å². The van der Waals surface area contributed by atoms with E-state index in [2.05, 4.69) is 11.6 Å². The van der Waals surface area contributed by atoms with Gasteiger partial charge in [0.05, 0.1) is 11.7 Å². The third-order valence-electron chi connectivity index (χ3n) is 5.02. The molecule has 0 atom stereocenters. The molecule has 2 saturated carbocycles. The zero-order valence-electron chi connectivity index (χ0n) is 12.8. The Balaban J connectivity index is 1.85. The predicted octanol–water partition coefficient (Wildman–Crippen LogP) is 2.52. The molecule has 2 N–H and O–H groups in total. The molecule has 2 aliphatic carbocycles. The van der Waals surface area contributed by atoms with Crippen molar-refractivity contribution in [1.29, 1.82) is 0 Å². The Kier molecular flexibility index (Phi) is 5.30. The molecule has 0 heterocycles. The van der Waals surface area contributed by atoms with Crippen LogP contribution in [0.2, 0.25) is 0 Å². The van der Waals surface area contributed by atoms with Crippen LogP contribution in [0, 0.1) is 11.3 Å². The number of carboxylic acid groups (broad SMARTS) is 1. The van der Waals surface area contributed by atoms with Gasteiger partial charge in [-0.3, -0.25) is 4.79 Å². The van der Waals surface area contributed by atoms with Gasteiger partial charge in [0.2, 0.25) is 10.0 Å². The molecule has 0 saturated heterocycles. The lowest BCUT2D eigenvalue weighted by molar-refractivity contribution is -0.142. The molecule has 0 amide bonds. The molecule has 0 unspecified atom stereocenters. The van der Waals surface area contributed by atoms with E-state index < -0.39 is 16.0 Å². The molecule has 0 aromatic heterocycles. The molecular weight excluding hydrogens is 290 g/mol. The van der Waals surface area contributed by atoms with Crippen molar-refractivity contribution in [3.63, 3.8) is 0 Å². The first-order chi connectivity index (χ1) is 9.80. The van der Waals surface area contributed by atoms with Crippen LogP contribution in [0.4, 0.5) is 0 Å². The number of carboxylic acids is 1. The van der Waals surface area contributed by atoms with Crippen molar-refractivity contribution in [2.75, 3.05) is 5.75 Å². The maximum absolute atomic E-state index is 12.4. The largest absolute Gasteiger partial charge is 0.481 e. The van der Waals surface area contributed by atoms with E-state index in [9.17, 15) is 13.2 Å². The summed E-state index contributed by atoms with van der Waals surface area (Å²) in [6, 6.07) is -0.0854. The second kappa shape index (κ2) is 6.65. The van der Waals surface area contributed by atoms with Gasteiger partial charge in [-0.2, -0.15) is 0 Å². The number of hydrogen-bond acceptors (Lipinski definition) is 3. The van der Waals surface area contributed by atoms with E-state index in [0.29, 0.717) is 25.7 Å². The minimum Gasteiger partial charge on any atom is -0.481 e. The number of hydrogen-bond donors (Lipinski definition) is 2. The van der Waals surface area contributed by atoms with Crippen molar-refractivity contribution < 1.29 is 18.3 Å². The smallest absolute Gasteiger partial charge is 0.306 e. The summed E-state index contributed by atoms with van der Waals surface area (Å²) in [5.41, 5.74) is -0.0949. The first kappa shape index (κ1) is 16.7. The van der Waals surface area contributed by atoms with Gasteiger partial charge in [0, 0.05) is 6.04 Å². The van der Waals surface area contributed by atoms with Crippen molar-refractivity contribution in [2.24, 2.45) is 11.3 Å². The van der Waals surface area contributed by atoms with Crippen molar-refractivity contribution in [1.82, 2.24) is 4.72 Å². The van der Waals surface area contributed by atoms with Gasteiger partial charge in [0.15, 0.2) is 0 Å². The highest BCUT2D eigenvalue weighted by atomic mass is 32.2. The second-order valence-electron chi connectivity index (χ2n) is 7.14. The van der Waals surface area contributed by atoms with Gasteiger partial charge in [-0.1, -0.05) is 26.2 Å². The van der Waals surface area contributed by atoms with E-state index in [1.54, 1.807) is 0 Å². The number of aliphatic carboxylic acids is 1. The quantitative estimate of drug-likeness (QED) is 0.816. The summed E-state index contributed by atoms with van der Waals surface area (Å²) >= 11 is 0. The lowest BCUT2D eigenvalue weighted by Crippen LogP contribution is -2.43. The Labute approximate surface area is 127 Å². The molecule has 0 spiro atoms. The molecule has 2 rings (SSSR count). The SMILES string of the molecule is CC1(CS(=O)(=O)NC2CCC(C(=O)O)CC2)CCCCC1. The lowest BCUT2D eigenvalue weighted by Gasteiger charge is -2.34. The Hall–Kier alpha value is -0.620. The second-order valence-corrected chi connectivity index (χ2v) is 8.89. The molecule has 2 aliphatic rings. The maximum atomic E-state index is 12.4. The summed E-state index contributed by atoms with van der Waals surface area (Å²) < 4.78 is 27.5. The zero-order chi connectivity index (χ0) is 15.5. The van der Waals surface area contributed by atoms with Crippen LogP contribution >= 0.6 is 0 Å². The Morgan fingerprint density at radius 1 is 1.14 bits per heavy atom. The van der Waals surface area contributed by atoms with E-state index in [4.69, 9.17) is 5.11 Å². The summed E-state index contributed by atoms with van der Waals surface area (Å²) in [4.78, 5) is 10.9. The highest BCUT2D eigenvalue weighted by Gasteiger charge is 2.34. The minimum absolute atomic E-state index is 0.0854. The number of sulfonamides is 1. The Morgan fingerprint density at radius 2 is 1.71 bits per heavy atom. The van der Waals surface area contributed by atoms with Gasteiger partial charge in [0.25, 0.3) is 0 Å². The molecule has 2 fully saturated rings. The van der Waals surface area contributed by atoms with Gasteiger partial charge >= 0.3 is 5.97 Å². The maximum Gasteiger partial charge on any atom is 0.306 e. The fourth-order valence-electron chi connectivity index (χ4n) is 3.76. The van der Waals surface area contributed by atoms with E-state index >= 15 is 0 Å². The molecule has 0 aromatic rings. The van der Waals surface area contributed by atoms with Crippen LogP contribution in [0.5, 0.6) is 0 Å². The van der Waals surface area contributed by atoms with Crippen LogP contribution in [0.3, 0.4) is 0 Å². The fraction of sp³-hybridized carbons (Fsp3) is 0.933. The van der Waals surface area contributed by atoms with Crippen LogP contribution in [0.25, 0.3) is 0 Å². The van der Waals surface area contributed by atoms with E-state index in [0.717, 1.165) is 25.7 Å². The van der Waals surface area contributed by atoms with Crippen molar-refractivity contribution in [3.8, 4) is 0 Å². The molecule has 122 valence electrons. The third kappa shape index (κ3) is 4.95. The van der Waals surface area contributed by atoms with E-state index in [1.165, 1.54) is 6.42 Å². The number of carbonyl (C=O) groups is 1. The van der Waals surface area contributed by atoms with Crippen molar-refractivity contribution >= 4 is 16.0 Å². The van der Waals surface area contributed by atoms with Gasteiger partial charge in [-0.15, -0.1) is 0 Å². The number of rotatable bonds is 5. The topological polar surface area (TPSA) is 83.5 Å². The molecule has 6 heteroatoms. The lowest BCUT2D eigenvalue weighted by atomic mass is 9.77. The van der Waals surface area contributed by atoms with Gasteiger partial charge in [-0.25, -0.2) is 13.1 Å². The van der Waals surface area contributed by atoms with Crippen LogP contribution in [-0.2, 0) is 14.8 Å². The first-order valence-electron chi connectivity index (χ1n) is 8.02. The monoisotopic (exact) mass is 317 g/mol. The molecular formula is C15H27NO4S. The number of nitrogens with one attached hydrogen (secondary N) is 1. The van der Waals surface area contributed by atoms with Crippen LogP contribution in [-0.4, -0.2) is 31.3 Å². The summed E-state index contributed by atoms with van der Waals surface area (Å²) in [6.07, 6.45) is 7.83. The highest BCUT2D eigenvalue weighted by Crippen LogP contribution is 2.37. The third-order valence-corrected chi connectivity index (χ3v) is 6.79. The molecule has 0 aliphatic heterocycles. The Bertz CT molecular complexity index is 460. The summed E-state index contributed by atoms with van der Waals surface area (Å²) in [7, 11) is -3.27. The zero-order valence-corrected chi connectivity index (χ0v) is 13.6. The Morgan fingerprint density at radius 3 is 2.24 bits per heavy atom. The molecule has 5 nitrogen and oxygen atoms in total. The van der Waals surface area contributed by atoms with Crippen molar-refractivity contribution in [3.05, 3.63) is 0 Å². The normalized spacial score (nSPS) is 30.0. The van der Waals surface area contributed by atoms with Crippen LogP contribution in [0.15, 0.2) is 0 Å².